The molecular weight excluding hydrogens is 182 g/mol. The second kappa shape index (κ2) is 5.40. The minimum atomic E-state index is 0.644. The highest BCUT2D eigenvalue weighted by molar-refractivity contribution is 7.80. The van der Waals surface area contributed by atoms with Gasteiger partial charge in [0.1, 0.15) is 0 Å². The van der Waals surface area contributed by atoms with E-state index in [1.165, 1.54) is 32.1 Å². The van der Waals surface area contributed by atoms with Gasteiger partial charge in [0.2, 0.25) is 0 Å². The molecule has 0 aromatic heterocycles. The highest BCUT2D eigenvalue weighted by atomic mass is 32.1. The molecule has 3 nitrogen and oxygen atoms in total. The SMILES string of the molecule is CN(CC1CCCCC1)C(=S)NN. The minimum Gasteiger partial charge on any atom is -0.351 e. The quantitative estimate of drug-likeness (QED) is 0.401. The first-order valence-electron chi connectivity index (χ1n) is 4.95. The van der Waals surface area contributed by atoms with Crippen LogP contribution in [0.15, 0.2) is 0 Å². The van der Waals surface area contributed by atoms with Crippen LogP contribution >= 0.6 is 12.2 Å². The summed E-state index contributed by atoms with van der Waals surface area (Å²) < 4.78 is 0. The molecule has 1 aliphatic carbocycles. The van der Waals surface area contributed by atoms with E-state index in [-0.39, 0.29) is 0 Å². The van der Waals surface area contributed by atoms with Gasteiger partial charge in [-0.25, -0.2) is 5.84 Å². The minimum absolute atomic E-state index is 0.644. The van der Waals surface area contributed by atoms with E-state index in [1.54, 1.807) is 0 Å². The van der Waals surface area contributed by atoms with E-state index < -0.39 is 0 Å². The predicted octanol–water partition coefficient (Wildman–Crippen LogP) is 1.25. The van der Waals surface area contributed by atoms with E-state index in [9.17, 15) is 0 Å². The van der Waals surface area contributed by atoms with Gasteiger partial charge in [-0.05, 0) is 31.0 Å². The molecule has 76 valence electrons. The summed E-state index contributed by atoms with van der Waals surface area (Å²) in [5.41, 5.74) is 2.51. The highest BCUT2D eigenvalue weighted by Crippen LogP contribution is 2.23. The van der Waals surface area contributed by atoms with Gasteiger partial charge < -0.3 is 10.3 Å². The number of rotatable bonds is 2. The third kappa shape index (κ3) is 3.48. The molecule has 4 heteroatoms. The zero-order valence-electron chi connectivity index (χ0n) is 8.25. The van der Waals surface area contributed by atoms with Crippen LogP contribution in [0.4, 0.5) is 0 Å². The molecular formula is C9H19N3S. The van der Waals surface area contributed by atoms with E-state index >= 15 is 0 Å². The fraction of sp³-hybridized carbons (Fsp3) is 0.889. The molecule has 3 N–H and O–H groups in total. The molecule has 1 aliphatic rings. The van der Waals surface area contributed by atoms with E-state index in [2.05, 4.69) is 5.43 Å². The van der Waals surface area contributed by atoms with Crippen molar-refractivity contribution >= 4 is 17.3 Å². The molecule has 1 fully saturated rings. The van der Waals surface area contributed by atoms with Crippen LogP contribution in [0, 0.1) is 5.92 Å². The first-order valence-corrected chi connectivity index (χ1v) is 5.36. The molecule has 0 unspecified atom stereocenters. The summed E-state index contributed by atoms with van der Waals surface area (Å²) in [5, 5.41) is 0.644. The lowest BCUT2D eigenvalue weighted by molar-refractivity contribution is 0.295. The van der Waals surface area contributed by atoms with Gasteiger partial charge in [0.15, 0.2) is 5.11 Å². The van der Waals surface area contributed by atoms with Crippen LogP contribution < -0.4 is 11.3 Å². The van der Waals surface area contributed by atoms with Crippen molar-refractivity contribution in [1.29, 1.82) is 0 Å². The van der Waals surface area contributed by atoms with Gasteiger partial charge in [0.25, 0.3) is 0 Å². The van der Waals surface area contributed by atoms with Gasteiger partial charge in [-0.15, -0.1) is 0 Å². The van der Waals surface area contributed by atoms with Crippen LogP contribution in [0.2, 0.25) is 0 Å². The van der Waals surface area contributed by atoms with Crippen molar-refractivity contribution in [2.45, 2.75) is 32.1 Å². The summed E-state index contributed by atoms with van der Waals surface area (Å²) in [6.07, 6.45) is 6.84. The second-order valence-corrected chi connectivity index (χ2v) is 4.22. The Hall–Kier alpha value is -0.350. The standard InChI is InChI=1S/C9H19N3S/c1-12(9(13)11-10)7-8-5-3-2-4-6-8/h8H,2-7,10H2,1H3,(H,11,13). The van der Waals surface area contributed by atoms with Gasteiger partial charge in [-0.2, -0.15) is 0 Å². The van der Waals surface area contributed by atoms with Crippen molar-refractivity contribution in [1.82, 2.24) is 10.3 Å². The van der Waals surface area contributed by atoms with Crippen LogP contribution in [0.25, 0.3) is 0 Å². The smallest absolute Gasteiger partial charge is 0.182 e. The van der Waals surface area contributed by atoms with Crippen LogP contribution in [-0.2, 0) is 0 Å². The van der Waals surface area contributed by atoms with Gasteiger partial charge in [-0.3, -0.25) is 0 Å². The average Bonchev–Trinajstić information content (AvgIpc) is 2.18. The summed E-state index contributed by atoms with van der Waals surface area (Å²) >= 11 is 5.04. The molecule has 1 saturated carbocycles. The lowest BCUT2D eigenvalue weighted by atomic mass is 9.89. The second-order valence-electron chi connectivity index (χ2n) is 3.83. The summed E-state index contributed by atoms with van der Waals surface area (Å²) in [4.78, 5) is 2.03. The van der Waals surface area contributed by atoms with Gasteiger partial charge in [-0.1, -0.05) is 19.3 Å². The van der Waals surface area contributed by atoms with Crippen molar-refractivity contribution in [2.24, 2.45) is 11.8 Å². The Balaban J connectivity index is 2.25. The zero-order valence-corrected chi connectivity index (χ0v) is 9.07. The lowest BCUT2D eigenvalue weighted by Gasteiger charge is -2.28. The summed E-state index contributed by atoms with van der Waals surface area (Å²) in [5.74, 6) is 6.06. The molecule has 0 amide bonds. The third-order valence-electron chi connectivity index (χ3n) is 2.73. The Morgan fingerprint density at radius 2 is 2.08 bits per heavy atom. The van der Waals surface area contributed by atoms with Crippen LogP contribution in [0.1, 0.15) is 32.1 Å². The lowest BCUT2D eigenvalue weighted by Crippen LogP contribution is -2.43. The Morgan fingerprint density at radius 1 is 1.46 bits per heavy atom. The number of hydrogen-bond acceptors (Lipinski definition) is 2. The molecule has 0 heterocycles. The molecule has 0 aromatic carbocycles. The molecule has 0 atom stereocenters. The Morgan fingerprint density at radius 3 is 2.62 bits per heavy atom. The van der Waals surface area contributed by atoms with E-state index in [0.717, 1.165) is 12.5 Å². The molecule has 13 heavy (non-hydrogen) atoms. The maximum absolute atomic E-state index is 5.25. The maximum Gasteiger partial charge on any atom is 0.182 e. The van der Waals surface area contributed by atoms with Gasteiger partial charge in [0.05, 0.1) is 0 Å². The number of nitrogens with one attached hydrogen (secondary N) is 1. The maximum atomic E-state index is 5.25. The van der Waals surface area contributed by atoms with Crippen molar-refractivity contribution in [3.05, 3.63) is 0 Å². The van der Waals surface area contributed by atoms with Crippen LogP contribution in [0.5, 0.6) is 0 Å². The topological polar surface area (TPSA) is 41.3 Å². The fourth-order valence-corrected chi connectivity index (χ4v) is 2.02. The molecule has 0 aliphatic heterocycles. The first kappa shape index (κ1) is 10.7. The highest BCUT2D eigenvalue weighted by Gasteiger charge is 2.15. The summed E-state index contributed by atoms with van der Waals surface area (Å²) in [6, 6.07) is 0. The molecule has 0 saturated heterocycles. The number of thiocarbonyl (C=S) groups is 1. The summed E-state index contributed by atoms with van der Waals surface area (Å²) in [6.45, 7) is 1.04. The Kier molecular flexibility index (Phi) is 4.45. The van der Waals surface area contributed by atoms with Crippen molar-refractivity contribution in [2.75, 3.05) is 13.6 Å². The number of nitrogens with zero attached hydrogens (tertiary/aromatic N) is 1. The number of hydrogen-bond donors (Lipinski definition) is 2. The molecule has 0 radical (unpaired) electrons. The predicted molar refractivity (Wildman–Crippen MR) is 59.1 cm³/mol. The monoisotopic (exact) mass is 201 g/mol. The normalized spacial score (nSPS) is 18.3. The van der Waals surface area contributed by atoms with E-state index in [0.29, 0.717) is 5.11 Å². The van der Waals surface area contributed by atoms with Crippen LogP contribution in [-0.4, -0.2) is 23.6 Å². The molecule has 0 bridgehead atoms. The van der Waals surface area contributed by atoms with E-state index in [4.69, 9.17) is 18.1 Å². The fourth-order valence-electron chi connectivity index (χ4n) is 1.95. The molecule has 0 spiro atoms. The first-order chi connectivity index (χ1) is 6.24. The summed E-state index contributed by atoms with van der Waals surface area (Å²) in [7, 11) is 2.00. The average molecular weight is 201 g/mol. The molecule has 0 aromatic rings. The third-order valence-corrected chi connectivity index (χ3v) is 3.16. The largest absolute Gasteiger partial charge is 0.351 e. The van der Waals surface area contributed by atoms with E-state index in [1.807, 2.05) is 11.9 Å². The van der Waals surface area contributed by atoms with Crippen molar-refractivity contribution < 1.29 is 0 Å². The molecule has 1 rings (SSSR count). The number of hydrazine groups is 1. The van der Waals surface area contributed by atoms with Crippen LogP contribution in [0.3, 0.4) is 0 Å². The van der Waals surface area contributed by atoms with Crippen molar-refractivity contribution in [3.63, 3.8) is 0 Å². The van der Waals surface area contributed by atoms with Gasteiger partial charge >= 0.3 is 0 Å². The van der Waals surface area contributed by atoms with Crippen molar-refractivity contribution in [3.8, 4) is 0 Å². The van der Waals surface area contributed by atoms with Gasteiger partial charge in [0, 0.05) is 13.6 Å². The zero-order chi connectivity index (χ0) is 9.68. The Labute approximate surface area is 85.6 Å². The number of nitrogens with two attached hydrogens (primary N) is 1. The Bertz CT molecular complexity index is 166.